The summed E-state index contributed by atoms with van der Waals surface area (Å²) in [4.78, 5) is 19.0. The van der Waals surface area contributed by atoms with Crippen LogP contribution >= 0.6 is 0 Å². The SMILES string of the molecule is CCc1nc([C@@H]2CCCN2C(=O)CCc2ccc([C@H]3C[C@H]3C)o2)no1. The number of nitrogens with zero attached hydrogens (tertiary/aromatic N) is 3. The first-order valence-corrected chi connectivity index (χ1v) is 9.36. The molecular weight excluding hydrogens is 318 g/mol. The second kappa shape index (κ2) is 6.65. The molecule has 0 aromatic carbocycles. The third-order valence-corrected chi connectivity index (χ3v) is 5.40. The first-order chi connectivity index (χ1) is 12.2. The number of aryl methyl sites for hydroxylation is 2. The molecule has 4 rings (SSSR count). The summed E-state index contributed by atoms with van der Waals surface area (Å²) < 4.78 is 11.1. The molecule has 1 saturated heterocycles. The fraction of sp³-hybridized carbons (Fsp3) is 0.632. The number of hydrogen-bond acceptors (Lipinski definition) is 5. The molecule has 25 heavy (non-hydrogen) atoms. The Morgan fingerprint density at radius 3 is 2.96 bits per heavy atom. The molecule has 1 aliphatic carbocycles. The Balaban J connectivity index is 1.36. The maximum absolute atomic E-state index is 12.7. The van der Waals surface area contributed by atoms with Crippen molar-refractivity contribution < 1.29 is 13.7 Å². The standard InChI is InChI=1S/C19H25N3O3/c1-3-17-20-19(21-25-17)15-5-4-10-22(15)18(23)9-7-13-6-8-16(24-13)14-11-12(14)2/h6,8,12,14-15H,3-5,7,9-11H2,1-2H3/t12-,14+,15+/m1/s1. The van der Waals surface area contributed by atoms with Crippen molar-refractivity contribution in [3.05, 3.63) is 35.4 Å². The van der Waals surface area contributed by atoms with Crippen molar-refractivity contribution in [1.82, 2.24) is 15.0 Å². The van der Waals surface area contributed by atoms with Crippen LogP contribution in [0.2, 0.25) is 0 Å². The molecule has 3 heterocycles. The van der Waals surface area contributed by atoms with Gasteiger partial charge in [0.25, 0.3) is 0 Å². The van der Waals surface area contributed by atoms with Gasteiger partial charge in [-0.3, -0.25) is 4.79 Å². The predicted octanol–water partition coefficient (Wildman–Crippen LogP) is 3.64. The number of amides is 1. The third kappa shape index (κ3) is 3.34. The van der Waals surface area contributed by atoms with Crippen LogP contribution in [0, 0.1) is 5.92 Å². The van der Waals surface area contributed by atoms with E-state index in [0.717, 1.165) is 36.8 Å². The Labute approximate surface area is 147 Å². The first kappa shape index (κ1) is 16.4. The van der Waals surface area contributed by atoms with Gasteiger partial charge in [0.1, 0.15) is 11.5 Å². The zero-order valence-corrected chi connectivity index (χ0v) is 14.9. The molecule has 134 valence electrons. The van der Waals surface area contributed by atoms with E-state index < -0.39 is 0 Å². The van der Waals surface area contributed by atoms with Gasteiger partial charge in [0.05, 0.1) is 6.04 Å². The van der Waals surface area contributed by atoms with Crippen molar-refractivity contribution in [2.24, 2.45) is 5.92 Å². The Kier molecular flexibility index (Phi) is 4.36. The van der Waals surface area contributed by atoms with E-state index in [1.54, 1.807) is 0 Å². The van der Waals surface area contributed by atoms with Crippen molar-refractivity contribution in [2.75, 3.05) is 6.54 Å². The summed E-state index contributed by atoms with van der Waals surface area (Å²) >= 11 is 0. The molecule has 0 radical (unpaired) electrons. The zero-order chi connectivity index (χ0) is 17.4. The van der Waals surface area contributed by atoms with Gasteiger partial charge in [-0.15, -0.1) is 0 Å². The molecule has 2 aliphatic rings. The van der Waals surface area contributed by atoms with E-state index in [1.165, 1.54) is 6.42 Å². The molecular formula is C19H25N3O3. The molecule has 1 amide bonds. The Bertz CT molecular complexity index is 751. The lowest BCUT2D eigenvalue weighted by Crippen LogP contribution is -2.31. The number of carbonyl (C=O) groups excluding carboxylic acids is 1. The van der Waals surface area contributed by atoms with Crippen LogP contribution in [0.25, 0.3) is 0 Å². The molecule has 1 aliphatic heterocycles. The summed E-state index contributed by atoms with van der Waals surface area (Å²) in [6, 6.07) is 4.04. The van der Waals surface area contributed by atoms with Crippen molar-refractivity contribution >= 4 is 5.91 Å². The maximum atomic E-state index is 12.7. The van der Waals surface area contributed by atoms with E-state index in [2.05, 4.69) is 23.1 Å². The number of likely N-dealkylation sites (tertiary alicyclic amines) is 1. The molecule has 1 saturated carbocycles. The van der Waals surface area contributed by atoms with Gasteiger partial charge in [-0.25, -0.2) is 0 Å². The highest BCUT2D eigenvalue weighted by Gasteiger charge is 2.37. The quantitative estimate of drug-likeness (QED) is 0.800. The molecule has 0 bridgehead atoms. The minimum Gasteiger partial charge on any atom is -0.466 e. The minimum atomic E-state index is -0.0453. The molecule has 2 aromatic rings. The fourth-order valence-corrected chi connectivity index (χ4v) is 3.70. The monoisotopic (exact) mass is 343 g/mol. The van der Waals surface area contributed by atoms with E-state index in [0.29, 0.717) is 36.9 Å². The summed E-state index contributed by atoms with van der Waals surface area (Å²) in [6.07, 6.45) is 4.92. The number of rotatable bonds is 6. The van der Waals surface area contributed by atoms with Crippen molar-refractivity contribution in [3.63, 3.8) is 0 Å². The van der Waals surface area contributed by atoms with Crippen LogP contribution in [0.3, 0.4) is 0 Å². The van der Waals surface area contributed by atoms with Crippen LogP contribution in [0.4, 0.5) is 0 Å². The van der Waals surface area contributed by atoms with Gasteiger partial charge < -0.3 is 13.8 Å². The highest BCUT2D eigenvalue weighted by Crippen LogP contribution is 2.47. The van der Waals surface area contributed by atoms with Crippen LogP contribution in [-0.2, 0) is 17.6 Å². The average molecular weight is 343 g/mol. The number of aromatic nitrogens is 2. The second-order valence-corrected chi connectivity index (χ2v) is 7.27. The van der Waals surface area contributed by atoms with Gasteiger partial charge in [0.15, 0.2) is 5.82 Å². The third-order valence-electron chi connectivity index (χ3n) is 5.40. The summed E-state index contributed by atoms with van der Waals surface area (Å²) in [5.41, 5.74) is 0. The summed E-state index contributed by atoms with van der Waals surface area (Å²) in [5, 5.41) is 4.06. The van der Waals surface area contributed by atoms with E-state index in [1.807, 2.05) is 17.9 Å². The van der Waals surface area contributed by atoms with Crippen LogP contribution < -0.4 is 0 Å². The molecule has 0 N–H and O–H groups in total. The summed E-state index contributed by atoms with van der Waals surface area (Å²) in [7, 11) is 0. The smallest absolute Gasteiger partial charge is 0.226 e. The van der Waals surface area contributed by atoms with Crippen LogP contribution in [-0.4, -0.2) is 27.5 Å². The molecule has 6 nitrogen and oxygen atoms in total. The van der Waals surface area contributed by atoms with Gasteiger partial charge in [0.2, 0.25) is 11.8 Å². The number of carbonyl (C=O) groups is 1. The van der Waals surface area contributed by atoms with Gasteiger partial charge in [0, 0.05) is 31.7 Å². The van der Waals surface area contributed by atoms with Crippen molar-refractivity contribution in [3.8, 4) is 0 Å². The molecule has 0 unspecified atom stereocenters. The lowest BCUT2D eigenvalue weighted by molar-refractivity contribution is -0.132. The first-order valence-electron chi connectivity index (χ1n) is 9.36. The second-order valence-electron chi connectivity index (χ2n) is 7.27. The molecule has 6 heteroatoms. The number of hydrogen-bond donors (Lipinski definition) is 0. The van der Waals surface area contributed by atoms with E-state index in [-0.39, 0.29) is 11.9 Å². The van der Waals surface area contributed by atoms with Crippen LogP contribution in [0.1, 0.15) is 74.7 Å². The van der Waals surface area contributed by atoms with E-state index in [9.17, 15) is 4.79 Å². The normalized spacial score (nSPS) is 25.5. The lowest BCUT2D eigenvalue weighted by atomic mass is 10.2. The van der Waals surface area contributed by atoms with Gasteiger partial charge in [-0.05, 0) is 37.3 Å². The van der Waals surface area contributed by atoms with Crippen molar-refractivity contribution in [1.29, 1.82) is 0 Å². The molecule has 3 atom stereocenters. The highest BCUT2D eigenvalue weighted by atomic mass is 16.5. The van der Waals surface area contributed by atoms with Gasteiger partial charge >= 0.3 is 0 Å². The van der Waals surface area contributed by atoms with E-state index in [4.69, 9.17) is 8.94 Å². The summed E-state index contributed by atoms with van der Waals surface area (Å²) in [5.74, 6) is 4.71. The fourth-order valence-electron chi connectivity index (χ4n) is 3.70. The predicted molar refractivity (Wildman–Crippen MR) is 90.9 cm³/mol. The maximum Gasteiger partial charge on any atom is 0.226 e. The summed E-state index contributed by atoms with van der Waals surface area (Å²) in [6.45, 7) is 4.99. The number of furan rings is 1. The Morgan fingerprint density at radius 2 is 2.24 bits per heavy atom. The molecule has 2 aromatic heterocycles. The molecule has 0 spiro atoms. The minimum absolute atomic E-state index is 0.0453. The largest absolute Gasteiger partial charge is 0.466 e. The topological polar surface area (TPSA) is 72.4 Å². The lowest BCUT2D eigenvalue weighted by Gasteiger charge is -2.22. The van der Waals surface area contributed by atoms with Crippen molar-refractivity contribution in [2.45, 2.75) is 64.3 Å². The molecule has 2 fully saturated rings. The Hall–Kier alpha value is -2.11. The Morgan fingerprint density at radius 1 is 1.40 bits per heavy atom. The van der Waals surface area contributed by atoms with Gasteiger partial charge in [-0.1, -0.05) is 19.0 Å². The average Bonchev–Trinajstić information content (AvgIpc) is 3.11. The zero-order valence-electron chi connectivity index (χ0n) is 14.9. The highest BCUT2D eigenvalue weighted by molar-refractivity contribution is 5.77. The van der Waals surface area contributed by atoms with Crippen LogP contribution in [0.5, 0.6) is 0 Å². The van der Waals surface area contributed by atoms with Gasteiger partial charge in [-0.2, -0.15) is 4.98 Å². The van der Waals surface area contributed by atoms with Crippen LogP contribution in [0.15, 0.2) is 21.1 Å². The van der Waals surface area contributed by atoms with E-state index >= 15 is 0 Å².